The van der Waals surface area contributed by atoms with E-state index >= 15 is 0 Å². The molecule has 0 aliphatic carbocycles. The van der Waals surface area contributed by atoms with Gasteiger partial charge in [-0.15, -0.1) is 0 Å². The summed E-state index contributed by atoms with van der Waals surface area (Å²) in [6.45, 7) is 5.36. The number of ketones is 2. The highest BCUT2D eigenvalue weighted by Crippen LogP contribution is 2.32. The molecule has 0 aromatic rings. The predicted octanol–water partition coefficient (Wildman–Crippen LogP) is 3.04. The van der Waals surface area contributed by atoms with Crippen LogP contribution in [-0.2, 0) is 19.1 Å². The monoisotopic (exact) mass is 396 g/mol. The first-order chi connectivity index (χ1) is 13.6. The molecular formula is C22H40N2O4. The van der Waals surface area contributed by atoms with E-state index in [0.29, 0.717) is 37.2 Å². The molecule has 0 aromatic carbocycles. The van der Waals surface area contributed by atoms with Crippen molar-refractivity contribution in [2.75, 3.05) is 53.6 Å². The topological polar surface area (TPSA) is 59.1 Å². The van der Waals surface area contributed by atoms with E-state index in [4.69, 9.17) is 9.47 Å². The fraction of sp³-hybridized carbons (Fsp3) is 0.909. The number of carbonyl (C=O) groups excluding carboxylic acids is 2. The maximum atomic E-state index is 11.7. The Kier molecular flexibility index (Phi) is 10.6. The van der Waals surface area contributed by atoms with Gasteiger partial charge in [0.1, 0.15) is 17.3 Å². The second-order valence-corrected chi connectivity index (χ2v) is 8.32. The number of methoxy groups -OCH3 is 2. The third kappa shape index (κ3) is 7.54. The summed E-state index contributed by atoms with van der Waals surface area (Å²) in [6, 6.07) is 0. The minimum atomic E-state index is -0.244. The van der Waals surface area contributed by atoms with Gasteiger partial charge in [0, 0.05) is 72.7 Å². The smallest absolute Gasteiger partial charge is 0.135 e. The number of hydrogen-bond donors (Lipinski definition) is 0. The molecule has 1 unspecified atom stereocenters. The molecule has 0 amide bonds. The summed E-state index contributed by atoms with van der Waals surface area (Å²) in [7, 11) is 3.59. The molecule has 2 aliphatic heterocycles. The number of unbranched alkanes of at least 4 members (excludes halogenated alkanes) is 3. The number of Topliss-reactive ketones (excluding diaryl/α,β-unsaturated/α-hetero) is 2. The van der Waals surface area contributed by atoms with Crippen molar-refractivity contribution < 1.29 is 19.1 Å². The van der Waals surface area contributed by atoms with Crippen LogP contribution in [0, 0.1) is 0 Å². The van der Waals surface area contributed by atoms with E-state index in [-0.39, 0.29) is 5.72 Å². The van der Waals surface area contributed by atoms with Gasteiger partial charge in [-0.1, -0.05) is 6.42 Å². The lowest BCUT2D eigenvalue weighted by molar-refractivity contribution is -0.159. The highest BCUT2D eigenvalue weighted by Gasteiger charge is 2.37. The summed E-state index contributed by atoms with van der Waals surface area (Å²) in [5.74, 6) is 0.781. The number of hydrogen-bond acceptors (Lipinski definition) is 6. The molecule has 0 N–H and O–H groups in total. The average Bonchev–Trinajstić information content (AvgIpc) is 2.71. The van der Waals surface area contributed by atoms with E-state index in [9.17, 15) is 9.59 Å². The van der Waals surface area contributed by atoms with Crippen LogP contribution in [0.3, 0.4) is 0 Å². The van der Waals surface area contributed by atoms with Crippen LogP contribution in [0.4, 0.5) is 0 Å². The van der Waals surface area contributed by atoms with Crippen molar-refractivity contribution in [2.45, 2.75) is 76.4 Å². The minimum absolute atomic E-state index is 0.244. The molecular weight excluding hydrogens is 356 g/mol. The Morgan fingerprint density at radius 3 is 1.93 bits per heavy atom. The van der Waals surface area contributed by atoms with Gasteiger partial charge in [-0.2, -0.15) is 0 Å². The quantitative estimate of drug-likeness (QED) is 0.446. The summed E-state index contributed by atoms with van der Waals surface area (Å²) in [6.07, 6.45) is 10.3. The lowest BCUT2D eigenvalue weighted by atomic mass is 9.93. The lowest BCUT2D eigenvalue weighted by Crippen LogP contribution is -2.53. The van der Waals surface area contributed by atoms with Crippen LogP contribution >= 0.6 is 0 Å². The first kappa shape index (κ1) is 23.5. The van der Waals surface area contributed by atoms with Gasteiger partial charge in [0.2, 0.25) is 0 Å². The van der Waals surface area contributed by atoms with Crippen LogP contribution in [-0.4, -0.2) is 80.6 Å². The molecule has 0 radical (unpaired) electrons. The molecule has 6 nitrogen and oxygen atoms in total. The first-order valence-corrected chi connectivity index (χ1v) is 11.1. The second kappa shape index (κ2) is 12.7. The number of piperidine rings is 2. The molecule has 2 aliphatic rings. The molecule has 0 saturated carbocycles. The van der Waals surface area contributed by atoms with E-state index < -0.39 is 0 Å². The van der Waals surface area contributed by atoms with Crippen molar-refractivity contribution in [3.05, 3.63) is 0 Å². The molecule has 1 atom stereocenters. The van der Waals surface area contributed by atoms with Gasteiger partial charge in [-0.05, 0) is 45.1 Å². The second-order valence-electron chi connectivity index (χ2n) is 8.32. The molecule has 162 valence electrons. The molecule has 0 aromatic heterocycles. The largest absolute Gasteiger partial charge is 0.385 e. The Bertz CT molecular complexity index is 465. The number of ether oxygens (including phenoxy) is 2. The van der Waals surface area contributed by atoms with E-state index in [0.717, 1.165) is 84.3 Å². The summed E-state index contributed by atoms with van der Waals surface area (Å²) in [5.41, 5.74) is -0.244. The van der Waals surface area contributed by atoms with Crippen molar-refractivity contribution in [3.8, 4) is 0 Å². The number of rotatable bonds is 13. The van der Waals surface area contributed by atoms with E-state index in [1.54, 1.807) is 7.11 Å². The Morgan fingerprint density at radius 2 is 1.36 bits per heavy atom. The number of nitrogens with zero attached hydrogens (tertiary/aromatic N) is 2. The van der Waals surface area contributed by atoms with Crippen molar-refractivity contribution >= 4 is 11.6 Å². The zero-order valence-electron chi connectivity index (χ0n) is 18.0. The van der Waals surface area contributed by atoms with Crippen molar-refractivity contribution in [2.24, 2.45) is 0 Å². The molecule has 6 heteroatoms. The van der Waals surface area contributed by atoms with Gasteiger partial charge < -0.3 is 14.4 Å². The van der Waals surface area contributed by atoms with Crippen LogP contribution in [0.25, 0.3) is 0 Å². The zero-order valence-corrected chi connectivity index (χ0v) is 18.0. The summed E-state index contributed by atoms with van der Waals surface area (Å²) in [5, 5.41) is 0. The van der Waals surface area contributed by atoms with Crippen LogP contribution in [0.1, 0.15) is 70.6 Å². The summed E-state index contributed by atoms with van der Waals surface area (Å²) in [4.78, 5) is 27.9. The molecule has 0 spiro atoms. The fourth-order valence-corrected chi connectivity index (χ4v) is 4.53. The summed E-state index contributed by atoms with van der Waals surface area (Å²) >= 11 is 0. The van der Waals surface area contributed by atoms with Crippen molar-refractivity contribution in [3.63, 3.8) is 0 Å². The molecule has 2 saturated heterocycles. The van der Waals surface area contributed by atoms with Crippen LogP contribution in [0.15, 0.2) is 0 Å². The Balaban J connectivity index is 1.83. The predicted molar refractivity (Wildman–Crippen MR) is 110 cm³/mol. The van der Waals surface area contributed by atoms with Gasteiger partial charge in [-0.25, -0.2) is 0 Å². The van der Waals surface area contributed by atoms with Gasteiger partial charge in [0.05, 0.1) is 0 Å². The van der Waals surface area contributed by atoms with Gasteiger partial charge in [0.25, 0.3) is 0 Å². The van der Waals surface area contributed by atoms with Crippen LogP contribution in [0.5, 0.6) is 0 Å². The van der Waals surface area contributed by atoms with Gasteiger partial charge in [0.15, 0.2) is 0 Å². The number of carbonyl (C=O) groups is 2. The number of likely N-dealkylation sites (tertiary alicyclic amines) is 2. The maximum absolute atomic E-state index is 11.7. The normalized spacial score (nSPS) is 21.8. The zero-order chi connectivity index (χ0) is 20.2. The molecule has 2 heterocycles. The Morgan fingerprint density at radius 1 is 0.786 bits per heavy atom. The minimum Gasteiger partial charge on any atom is -0.385 e. The van der Waals surface area contributed by atoms with E-state index in [1.807, 2.05) is 7.11 Å². The van der Waals surface area contributed by atoms with Crippen LogP contribution < -0.4 is 0 Å². The van der Waals surface area contributed by atoms with E-state index in [2.05, 4.69) is 9.80 Å². The average molecular weight is 397 g/mol. The van der Waals surface area contributed by atoms with Gasteiger partial charge in [-0.3, -0.25) is 14.5 Å². The molecule has 2 rings (SSSR count). The third-order valence-corrected chi connectivity index (χ3v) is 6.40. The van der Waals surface area contributed by atoms with Crippen molar-refractivity contribution in [1.29, 1.82) is 0 Å². The lowest BCUT2D eigenvalue weighted by Gasteiger charge is -2.45. The maximum Gasteiger partial charge on any atom is 0.135 e. The molecule has 2 fully saturated rings. The van der Waals surface area contributed by atoms with Gasteiger partial charge >= 0.3 is 0 Å². The highest BCUT2D eigenvalue weighted by atomic mass is 16.5. The Labute approximate surface area is 170 Å². The molecule has 28 heavy (non-hydrogen) atoms. The standard InChI is InChI=1S/C22H40N2O4/c1-27-19-7-3-4-12-22(28-2,24-17-10-21(26)11-18-24)13-5-6-14-23-15-8-20(25)9-16-23/h3-19H2,1-2H3. The molecule has 0 bridgehead atoms. The summed E-state index contributed by atoms with van der Waals surface area (Å²) < 4.78 is 11.3. The fourth-order valence-electron chi connectivity index (χ4n) is 4.53. The van der Waals surface area contributed by atoms with E-state index in [1.165, 1.54) is 0 Å². The Hall–Kier alpha value is -0.820. The third-order valence-electron chi connectivity index (χ3n) is 6.40. The first-order valence-electron chi connectivity index (χ1n) is 11.1. The highest BCUT2D eigenvalue weighted by molar-refractivity contribution is 5.79. The van der Waals surface area contributed by atoms with Crippen LogP contribution in [0.2, 0.25) is 0 Å². The SMILES string of the molecule is COCCCCCC(CCCCN1CCC(=O)CC1)(OC)N1CCC(=O)CC1. The van der Waals surface area contributed by atoms with Crippen molar-refractivity contribution in [1.82, 2.24) is 9.80 Å².